The molecule has 1 atom stereocenters. The van der Waals surface area contributed by atoms with E-state index < -0.39 is 0 Å². The number of aromatic nitrogens is 2. The van der Waals surface area contributed by atoms with Gasteiger partial charge in [0.1, 0.15) is 5.15 Å². The molecule has 1 fully saturated rings. The number of nitrogens with zero attached hydrogens (tertiary/aromatic N) is 4. The lowest BCUT2D eigenvalue weighted by atomic mass is 10.0. The Morgan fingerprint density at radius 2 is 2.17 bits per heavy atom. The van der Waals surface area contributed by atoms with Crippen molar-refractivity contribution in [2.75, 3.05) is 27.2 Å². The summed E-state index contributed by atoms with van der Waals surface area (Å²) in [6.45, 7) is 5.24. The van der Waals surface area contributed by atoms with Crippen LogP contribution in [0.25, 0.3) is 0 Å². The number of halogens is 1. The fourth-order valence-electron chi connectivity index (χ4n) is 2.67. The molecule has 1 aromatic rings. The highest BCUT2D eigenvalue weighted by molar-refractivity contribution is 6.30. The lowest BCUT2D eigenvalue weighted by Gasteiger charge is -2.36. The molecule has 2 heterocycles. The maximum atomic E-state index is 6.30. The van der Waals surface area contributed by atoms with Crippen LogP contribution in [-0.4, -0.2) is 52.8 Å². The minimum Gasteiger partial charge on any atom is -0.305 e. The highest BCUT2D eigenvalue weighted by Gasteiger charge is 2.23. The number of likely N-dealkylation sites (N-methyl/N-ethyl adjacent to an activating group) is 1. The molecule has 1 unspecified atom stereocenters. The van der Waals surface area contributed by atoms with Crippen LogP contribution in [-0.2, 0) is 13.6 Å². The van der Waals surface area contributed by atoms with Gasteiger partial charge < -0.3 is 4.90 Å². The maximum Gasteiger partial charge on any atom is 0.131 e. The Labute approximate surface area is 115 Å². The number of hydrogen-bond acceptors (Lipinski definition) is 3. The molecule has 1 aromatic heterocycles. The molecular weight excluding hydrogens is 248 g/mol. The Hall–Kier alpha value is -0.580. The van der Waals surface area contributed by atoms with Crippen molar-refractivity contribution in [2.24, 2.45) is 7.05 Å². The fourth-order valence-corrected chi connectivity index (χ4v) is 2.91. The van der Waals surface area contributed by atoms with E-state index >= 15 is 0 Å². The predicted octanol–water partition coefficient (Wildman–Crippen LogP) is 1.91. The molecule has 102 valence electrons. The van der Waals surface area contributed by atoms with Crippen molar-refractivity contribution in [1.82, 2.24) is 19.6 Å². The summed E-state index contributed by atoms with van der Waals surface area (Å²) in [5.74, 6) is 0. The average molecular weight is 271 g/mol. The van der Waals surface area contributed by atoms with Crippen LogP contribution in [0.4, 0.5) is 0 Å². The van der Waals surface area contributed by atoms with E-state index in [1.165, 1.54) is 18.4 Å². The Bertz CT molecular complexity index is 413. The van der Waals surface area contributed by atoms with E-state index in [-0.39, 0.29) is 0 Å². The SMILES string of the molecule is Cc1nn(C)c(Cl)c1CN1CCCC(N(C)C)C1. The Morgan fingerprint density at radius 3 is 2.72 bits per heavy atom. The molecule has 0 amide bonds. The molecular formula is C13H23ClN4. The van der Waals surface area contributed by atoms with E-state index in [9.17, 15) is 0 Å². The van der Waals surface area contributed by atoms with Gasteiger partial charge in [-0.05, 0) is 40.4 Å². The number of piperidine rings is 1. The zero-order valence-corrected chi connectivity index (χ0v) is 12.5. The van der Waals surface area contributed by atoms with Crippen LogP contribution in [0.5, 0.6) is 0 Å². The average Bonchev–Trinajstić information content (AvgIpc) is 2.56. The van der Waals surface area contributed by atoms with Gasteiger partial charge in [-0.15, -0.1) is 0 Å². The lowest BCUT2D eigenvalue weighted by molar-refractivity contribution is 0.128. The molecule has 1 saturated heterocycles. The van der Waals surface area contributed by atoms with Crippen molar-refractivity contribution >= 4 is 11.6 Å². The minimum atomic E-state index is 0.662. The van der Waals surface area contributed by atoms with Crippen molar-refractivity contribution < 1.29 is 0 Å². The molecule has 2 rings (SSSR count). The highest BCUT2D eigenvalue weighted by atomic mass is 35.5. The minimum absolute atomic E-state index is 0.662. The van der Waals surface area contributed by atoms with Crippen molar-refractivity contribution in [3.63, 3.8) is 0 Å². The Kier molecular flexibility index (Phi) is 4.30. The molecule has 0 radical (unpaired) electrons. The van der Waals surface area contributed by atoms with E-state index in [4.69, 9.17) is 11.6 Å². The molecule has 1 aliphatic heterocycles. The molecule has 0 bridgehead atoms. The molecule has 0 aliphatic carbocycles. The van der Waals surface area contributed by atoms with Gasteiger partial charge in [0.15, 0.2) is 0 Å². The largest absolute Gasteiger partial charge is 0.305 e. The summed E-state index contributed by atoms with van der Waals surface area (Å²) in [5.41, 5.74) is 2.23. The quantitative estimate of drug-likeness (QED) is 0.839. The van der Waals surface area contributed by atoms with Crippen LogP contribution >= 0.6 is 11.6 Å². The van der Waals surface area contributed by atoms with Crippen LogP contribution in [0.15, 0.2) is 0 Å². The van der Waals surface area contributed by atoms with Gasteiger partial charge in [-0.3, -0.25) is 9.58 Å². The van der Waals surface area contributed by atoms with Gasteiger partial charge in [-0.1, -0.05) is 11.6 Å². The molecule has 1 aliphatic rings. The van der Waals surface area contributed by atoms with Crippen molar-refractivity contribution in [2.45, 2.75) is 32.4 Å². The first-order valence-electron chi connectivity index (χ1n) is 6.55. The van der Waals surface area contributed by atoms with E-state index in [1.54, 1.807) is 4.68 Å². The molecule has 0 saturated carbocycles. The van der Waals surface area contributed by atoms with E-state index in [2.05, 4.69) is 29.0 Å². The normalized spacial score (nSPS) is 21.8. The van der Waals surface area contributed by atoms with Crippen LogP contribution in [0, 0.1) is 6.92 Å². The highest BCUT2D eigenvalue weighted by Crippen LogP contribution is 2.23. The molecule has 4 nitrogen and oxygen atoms in total. The van der Waals surface area contributed by atoms with Gasteiger partial charge in [0.05, 0.1) is 5.69 Å². The molecule has 0 spiro atoms. The van der Waals surface area contributed by atoms with Crippen LogP contribution in [0.2, 0.25) is 5.15 Å². The second kappa shape index (κ2) is 5.59. The molecule has 0 aromatic carbocycles. The van der Waals surface area contributed by atoms with Crippen molar-refractivity contribution in [3.8, 4) is 0 Å². The standard InChI is InChI=1S/C13H23ClN4/c1-10-12(13(14)17(4)15-10)9-18-7-5-6-11(8-18)16(2)3/h11H,5-9H2,1-4H3. The van der Waals surface area contributed by atoms with Gasteiger partial charge in [-0.25, -0.2) is 0 Å². The van der Waals surface area contributed by atoms with Crippen molar-refractivity contribution in [1.29, 1.82) is 0 Å². The zero-order valence-electron chi connectivity index (χ0n) is 11.8. The molecule has 0 N–H and O–H groups in total. The Morgan fingerprint density at radius 1 is 1.44 bits per heavy atom. The number of hydrogen-bond donors (Lipinski definition) is 0. The summed E-state index contributed by atoms with van der Waals surface area (Å²) in [6.07, 6.45) is 2.56. The monoisotopic (exact) mass is 270 g/mol. The van der Waals surface area contributed by atoms with Gasteiger partial charge in [0.25, 0.3) is 0 Å². The zero-order chi connectivity index (χ0) is 13.3. The first-order chi connectivity index (χ1) is 8.49. The van der Waals surface area contributed by atoms with Crippen LogP contribution in [0.1, 0.15) is 24.1 Å². The Balaban J connectivity index is 2.05. The summed E-state index contributed by atoms with van der Waals surface area (Å²) in [6, 6.07) is 0.662. The fraction of sp³-hybridized carbons (Fsp3) is 0.769. The molecule has 18 heavy (non-hydrogen) atoms. The van der Waals surface area contributed by atoms with Crippen LogP contribution in [0.3, 0.4) is 0 Å². The third-order valence-corrected chi connectivity index (χ3v) is 4.34. The van der Waals surface area contributed by atoms with Gasteiger partial charge in [-0.2, -0.15) is 5.10 Å². The van der Waals surface area contributed by atoms with Gasteiger partial charge in [0, 0.05) is 31.7 Å². The summed E-state index contributed by atoms with van der Waals surface area (Å²) < 4.78 is 1.76. The van der Waals surface area contributed by atoms with E-state index in [1.807, 2.05) is 14.0 Å². The summed E-state index contributed by atoms with van der Waals surface area (Å²) >= 11 is 6.30. The summed E-state index contributed by atoms with van der Waals surface area (Å²) in [5, 5.41) is 5.16. The summed E-state index contributed by atoms with van der Waals surface area (Å²) in [4.78, 5) is 4.81. The maximum absolute atomic E-state index is 6.30. The summed E-state index contributed by atoms with van der Waals surface area (Å²) in [7, 11) is 6.23. The second-order valence-corrected chi connectivity index (χ2v) is 5.83. The first kappa shape index (κ1) is 13.8. The second-order valence-electron chi connectivity index (χ2n) is 5.47. The van der Waals surface area contributed by atoms with E-state index in [0.29, 0.717) is 6.04 Å². The predicted molar refractivity (Wildman–Crippen MR) is 74.9 cm³/mol. The first-order valence-corrected chi connectivity index (χ1v) is 6.93. The number of rotatable bonds is 3. The van der Waals surface area contributed by atoms with Crippen molar-refractivity contribution in [3.05, 3.63) is 16.4 Å². The van der Waals surface area contributed by atoms with Gasteiger partial charge in [0.2, 0.25) is 0 Å². The van der Waals surface area contributed by atoms with Gasteiger partial charge >= 0.3 is 0 Å². The lowest BCUT2D eigenvalue weighted by Crippen LogP contribution is -2.44. The number of likely N-dealkylation sites (tertiary alicyclic amines) is 1. The third kappa shape index (κ3) is 2.87. The topological polar surface area (TPSA) is 24.3 Å². The smallest absolute Gasteiger partial charge is 0.131 e. The third-order valence-electron chi connectivity index (χ3n) is 3.86. The van der Waals surface area contributed by atoms with E-state index in [0.717, 1.165) is 30.5 Å². The van der Waals surface area contributed by atoms with Crippen LogP contribution < -0.4 is 0 Å². The molecule has 5 heteroatoms. The number of aryl methyl sites for hydroxylation is 2.